The molecule has 8 heteroatoms. The van der Waals surface area contributed by atoms with Gasteiger partial charge < -0.3 is 15.0 Å². The first-order valence-electron chi connectivity index (χ1n) is 11.4. The molecular formula is C23H32N4O4. The molecule has 8 nitrogen and oxygen atoms in total. The molecule has 31 heavy (non-hydrogen) atoms. The van der Waals surface area contributed by atoms with Crippen LogP contribution in [-0.2, 0) is 20.7 Å². The van der Waals surface area contributed by atoms with E-state index in [1.54, 1.807) is 20.0 Å². The van der Waals surface area contributed by atoms with Gasteiger partial charge in [0.2, 0.25) is 5.91 Å². The number of hydrogen-bond acceptors (Lipinski definition) is 6. The summed E-state index contributed by atoms with van der Waals surface area (Å²) in [5, 5.41) is 3.13. The summed E-state index contributed by atoms with van der Waals surface area (Å²) in [5.74, 6) is -0.433. The molecular weight excluding hydrogens is 396 g/mol. The van der Waals surface area contributed by atoms with E-state index in [-0.39, 0.29) is 30.2 Å². The molecule has 2 aliphatic heterocycles. The van der Waals surface area contributed by atoms with E-state index in [4.69, 9.17) is 4.74 Å². The van der Waals surface area contributed by atoms with Gasteiger partial charge >= 0.3 is 5.97 Å². The molecule has 0 spiro atoms. The van der Waals surface area contributed by atoms with Crippen molar-refractivity contribution in [3.05, 3.63) is 23.8 Å². The summed E-state index contributed by atoms with van der Waals surface area (Å²) in [6.07, 6.45) is 10.1. The van der Waals surface area contributed by atoms with Crippen LogP contribution < -0.4 is 5.32 Å². The fraction of sp³-hybridized carbons (Fsp3) is 0.696. The van der Waals surface area contributed by atoms with Gasteiger partial charge in [0.1, 0.15) is 11.9 Å². The number of nitrogens with one attached hydrogen (secondary N) is 1. The van der Waals surface area contributed by atoms with Crippen LogP contribution in [0.1, 0.15) is 74.8 Å². The molecule has 1 aromatic rings. The fourth-order valence-corrected chi connectivity index (χ4v) is 5.10. The summed E-state index contributed by atoms with van der Waals surface area (Å²) >= 11 is 0. The van der Waals surface area contributed by atoms with Crippen molar-refractivity contribution in [2.75, 3.05) is 13.1 Å². The highest BCUT2D eigenvalue weighted by Crippen LogP contribution is 2.35. The van der Waals surface area contributed by atoms with E-state index in [2.05, 4.69) is 15.3 Å². The van der Waals surface area contributed by atoms with Crippen LogP contribution in [0.15, 0.2) is 12.5 Å². The van der Waals surface area contributed by atoms with Gasteiger partial charge in [-0.05, 0) is 51.9 Å². The van der Waals surface area contributed by atoms with Crippen molar-refractivity contribution in [1.82, 2.24) is 20.2 Å². The Morgan fingerprint density at radius 2 is 1.90 bits per heavy atom. The van der Waals surface area contributed by atoms with Gasteiger partial charge in [-0.2, -0.15) is 0 Å². The van der Waals surface area contributed by atoms with Gasteiger partial charge in [-0.25, -0.2) is 9.97 Å². The van der Waals surface area contributed by atoms with Crippen molar-refractivity contribution in [2.45, 2.75) is 76.9 Å². The maximum atomic E-state index is 13.0. The lowest BCUT2D eigenvalue weighted by atomic mass is 9.87. The van der Waals surface area contributed by atoms with Gasteiger partial charge in [0.15, 0.2) is 0 Å². The zero-order valence-corrected chi connectivity index (χ0v) is 18.4. The summed E-state index contributed by atoms with van der Waals surface area (Å²) in [6.45, 7) is 4.92. The van der Waals surface area contributed by atoms with E-state index in [0.717, 1.165) is 31.4 Å². The first kappa shape index (κ1) is 21.7. The van der Waals surface area contributed by atoms with Crippen LogP contribution in [0.25, 0.3) is 0 Å². The van der Waals surface area contributed by atoms with Crippen LogP contribution in [0.3, 0.4) is 0 Å². The van der Waals surface area contributed by atoms with E-state index in [0.29, 0.717) is 31.0 Å². The summed E-state index contributed by atoms with van der Waals surface area (Å²) < 4.78 is 5.32. The molecule has 1 saturated carbocycles. The zero-order valence-electron chi connectivity index (χ0n) is 18.4. The smallest absolute Gasteiger partial charge is 0.307 e. The summed E-state index contributed by atoms with van der Waals surface area (Å²) in [4.78, 5) is 47.7. The second-order valence-corrected chi connectivity index (χ2v) is 9.64. The Bertz CT molecular complexity index is 842. The number of cyclic esters (lactones) is 1. The van der Waals surface area contributed by atoms with Crippen LogP contribution in [-0.4, -0.2) is 57.4 Å². The van der Waals surface area contributed by atoms with Gasteiger partial charge in [-0.15, -0.1) is 0 Å². The van der Waals surface area contributed by atoms with E-state index < -0.39 is 11.5 Å². The highest BCUT2D eigenvalue weighted by atomic mass is 16.6. The van der Waals surface area contributed by atoms with Gasteiger partial charge in [0.25, 0.3) is 5.91 Å². The van der Waals surface area contributed by atoms with Crippen molar-refractivity contribution in [2.24, 2.45) is 11.8 Å². The minimum atomic E-state index is -0.743. The van der Waals surface area contributed by atoms with Crippen LogP contribution in [0.4, 0.5) is 0 Å². The molecule has 0 radical (unpaired) electrons. The van der Waals surface area contributed by atoms with Crippen molar-refractivity contribution in [1.29, 1.82) is 0 Å². The summed E-state index contributed by atoms with van der Waals surface area (Å²) in [7, 11) is 0. The number of carbonyl (C=O) groups is 3. The normalized spacial score (nSPS) is 24.3. The van der Waals surface area contributed by atoms with Crippen molar-refractivity contribution < 1.29 is 19.1 Å². The SMILES string of the molecule is CC1(C)OC(=O)CC1C(=O)N1CCC(Cc2ncncc2C(=O)NC2CCCC2)CC1. The highest BCUT2D eigenvalue weighted by Gasteiger charge is 2.47. The third-order valence-electron chi connectivity index (χ3n) is 7.02. The average molecular weight is 429 g/mol. The molecule has 0 bridgehead atoms. The van der Waals surface area contributed by atoms with Gasteiger partial charge in [0.05, 0.1) is 23.6 Å². The van der Waals surface area contributed by atoms with Gasteiger partial charge in [0, 0.05) is 25.3 Å². The Kier molecular flexibility index (Phi) is 6.25. The number of piperidine rings is 1. The molecule has 2 saturated heterocycles. The lowest BCUT2D eigenvalue weighted by molar-refractivity contribution is -0.149. The fourth-order valence-electron chi connectivity index (χ4n) is 5.10. The quantitative estimate of drug-likeness (QED) is 0.722. The molecule has 4 rings (SSSR count). The number of aromatic nitrogens is 2. The predicted molar refractivity (Wildman–Crippen MR) is 113 cm³/mol. The number of ether oxygens (including phenoxy) is 1. The standard InChI is InChI=1S/C23H32N4O4/c1-23(2)18(12-20(28)31-23)22(30)27-9-7-15(8-10-27)11-19-17(13-24-14-25-19)21(29)26-16-5-3-4-6-16/h13-16,18H,3-12H2,1-2H3,(H,26,29). The maximum Gasteiger partial charge on any atom is 0.307 e. The zero-order chi connectivity index (χ0) is 22.0. The van der Waals surface area contributed by atoms with Crippen molar-refractivity contribution in [3.8, 4) is 0 Å². The molecule has 3 fully saturated rings. The van der Waals surface area contributed by atoms with E-state index in [9.17, 15) is 14.4 Å². The van der Waals surface area contributed by atoms with Crippen LogP contribution in [0, 0.1) is 11.8 Å². The Hall–Kier alpha value is -2.51. The van der Waals surface area contributed by atoms with E-state index in [1.807, 2.05) is 4.90 Å². The molecule has 1 aromatic heterocycles. The Balaban J connectivity index is 1.33. The van der Waals surface area contributed by atoms with Crippen molar-refractivity contribution in [3.63, 3.8) is 0 Å². The second kappa shape index (κ2) is 8.93. The third-order valence-corrected chi connectivity index (χ3v) is 7.02. The predicted octanol–water partition coefficient (Wildman–Crippen LogP) is 2.27. The van der Waals surface area contributed by atoms with Gasteiger partial charge in [-0.3, -0.25) is 14.4 Å². The van der Waals surface area contributed by atoms with Gasteiger partial charge in [-0.1, -0.05) is 12.8 Å². The monoisotopic (exact) mass is 428 g/mol. The number of amides is 2. The Morgan fingerprint density at radius 1 is 1.19 bits per heavy atom. The molecule has 1 aliphatic carbocycles. The Morgan fingerprint density at radius 3 is 2.55 bits per heavy atom. The van der Waals surface area contributed by atoms with Crippen LogP contribution >= 0.6 is 0 Å². The molecule has 2 amide bonds. The summed E-state index contributed by atoms with van der Waals surface area (Å²) in [6, 6.07) is 0.255. The first-order valence-corrected chi connectivity index (χ1v) is 11.4. The maximum absolute atomic E-state index is 13.0. The molecule has 3 aliphatic rings. The first-order chi connectivity index (χ1) is 14.8. The number of esters is 1. The highest BCUT2D eigenvalue weighted by molar-refractivity contribution is 5.95. The number of likely N-dealkylation sites (tertiary alicyclic amines) is 1. The molecule has 1 N–H and O–H groups in total. The molecule has 3 heterocycles. The Labute approximate surface area is 183 Å². The topological polar surface area (TPSA) is 101 Å². The minimum absolute atomic E-state index is 0.00738. The molecule has 1 unspecified atom stereocenters. The molecule has 1 atom stereocenters. The molecule has 0 aromatic carbocycles. The minimum Gasteiger partial charge on any atom is -0.459 e. The number of hydrogen-bond donors (Lipinski definition) is 1. The lowest BCUT2D eigenvalue weighted by Gasteiger charge is -2.35. The number of nitrogens with zero attached hydrogens (tertiary/aromatic N) is 3. The largest absolute Gasteiger partial charge is 0.459 e. The van der Waals surface area contributed by atoms with Crippen molar-refractivity contribution >= 4 is 17.8 Å². The number of carbonyl (C=O) groups excluding carboxylic acids is 3. The van der Waals surface area contributed by atoms with Crippen LogP contribution in [0.2, 0.25) is 0 Å². The van der Waals surface area contributed by atoms with Crippen LogP contribution in [0.5, 0.6) is 0 Å². The summed E-state index contributed by atoms with van der Waals surface area (Å²) in [5.41, 5.74) is 0.607. The van der Waals surface area contributed by atoms with E-state index >= 15 is 0 Å². The van der Waals surface area contributed by atoms with E-state index in [1.165, 1.54) is 19.2 Å². The number of rotatable bonds is 5. The third kappa shape index (κ3) is 4.88. The lowest BCUT2D eigenvalue weighted by Crippen LogP contribution is -2.46. The molecule has 168 valence electrons. The second-order valence-electron chi connectivity index (χ2n) is 9.64. The average Bonchev–Trinajstić information content (AvgIpc) is 3.34.